The molecular formula is C12H20ClN3S. The van der Waals surface area contributed by atoms with Crippen molar-refractivity contribution in [1.82, 2.24) is 9.88 Å². The minimum Gasteiger partial charge on any atom is -0.347 e. The summed E-state index contributed by atoms with van der Waals surface area (Å²) in [6.07, 6.45) is 1.20. The van der Waals surface area contributed by atoms with Gasteiger partial charge in [0.2, 0.25) is 0 Å². The monoisotopic (exact) mass is 273 g/mol. The van der Waals surface area contributed by atoms with E-state index in [-0.39, 0.29) is 0 Å². The van der Waals surface area contributed by atoms with Gasteiger partial charge in [-0.05, 0) is 26.8 Å². The summed E-state index contributed by atoms with van der Waals surface area (Å²) in [5.74, 6) is 0.732. The van der Waals surface area contributed by atoms with Gasteiger partial charge in [0.1, 0.15) is 0 Å². The Hall–Kier alpha value is -0.320. The third-order valence-electron chi connectivity index (χ3n) is 3.28. The number of hydrogen-bond acceptors (Lipinski definition) is 4. The van der Waals surface area contributed by atoms with Crippen LogP contribution in [0.4, 0.5) is 5.13 Å². The molecule has 2 rings (SSSR count). The molecule has 0 unspecified atom stereocenters. The van der Waals surface area contributed by atoms with Crippen LogP contribution in [0.15, 0.2) is 0 Å². The lowest BCUT2D eigenvalue weighted by atomic mass is 10.4. The van der Waals surface area contributed by atoms with Crippen molar-refractivity contribution in [3.8, 4) is 0 Å². The zero-order chi connectivity index (χ0) is 12.3. The number of aromatic nitrogens is 1. The normalized spacial score (nSPS) is 18.4. The van der Waals surface area contributed by atoms with Gasteiger partial charge in [0.25, 0.3) is 0 Å². The van der Waals surface area contributed by atoms with E-state index >= 15 is 0 Å². The number of alkyl halides is 1. The molecule has 0 radical (unpaired) electrons. The molecule has 0 aliphatic carbocycles. The predicted octanol–water partition coefficient (Wildman–Crippen LogP) is 2.51. The topological polar surface area (TPSA) is 19.4 Å². The van der Waals surface area contributed by atoms with Crippen molar-refractivity contribution in [3.63, 3.8) is 0 Å². The number of aryl methyl sites for hydroxylation is 2. The second kappa shape index (κ2) is 6.03. The third-order valence-corrected chi connectivity index (χ3v) is 4.58. The summed E-state index contributed by atoms with van der Waals surface area (Å²) in [4.78, 5) is 10.8. The van der Waals surface area contributed by atoms with Crippen LogP contribution in [0.1, 0.15) is 17.0 Å². The fourth-order valence-corrected chi connectivity index (χ4v) is 3.30. The van der Waals surface area contributed by atoms with Gasteiger partial charge in [0.15, 0.2) is 5.13 Å². The zero-order valence-electron chi connectivity index (χ0n) is 10.6. The van der Waals surface area contributed by atoms with Crippen LogP contribution in [0.3, 0.4) is 0 Å². The van der Waals surface area contributed by atoms with Crippen LogP contribution in [0.5, 0.6) is 0 Å². The van der Waals surface area contributed by atoms with Crippen LogP contribution in [0.2, 0.25) is 0 Å². The summed E-state index contributed by atoms with van der Waals surface area (Å²) in [6, 6.07) is 0. The lowest BCUT2D eigenvalue weighted by molar-refractivity contribution is 0.311. The smallest absolute Gasteiger partial charge is 0.185 e. The predicted molar refractivity (Wildman–Crippen MR) is 75.6 cm³/mol. The second-order valence-corrected chi connectivity index (χ2v) is 6.07. The maximum atomic E-state index is 5.80. The van der Waals surface area contributed by atoms with Crippen LogP contribution < -0.4 is 4.90 Å². The quantitative estimate of drug-likeness (QED) is 0.789. The number of nitrogens with zero attached hydrogens (tertiary/aromatic N) is 3. The Kier molecular flexibility index (Phi) is 4.65. The van der Waals surface area contributed by atoms with E-state index in [2.05, 4.69) is 28.6 Å². The number of halogens is 1. The molecule has 96 valence electrons. The van der Waals surface area contributed by atoms with Gasteiger partial charge in [0, 0.05) is 36.9 Å². The van der Waals surface area contributed by atoms with Crippen molar-refractivity contribution in [1.29, 1.82) is 0 Å². The molecular weight excluding hydrogens is 254 g/mol. The maximum absolute atomic E-state index is 5.80. The van der Waals surface area contributed by atoms with Crippen molar-refractivity contribution in [3.05, 3.63) is 10.6 Å². The van der Waals surface area contributed by atoms with E-state index in [9.17, 15) is 0 Å². The molecule has 1 saturated heterocycles. The van der Waals surface area contributed by atoms with E-state index in [1.54, 1.807) is 0 Å². The van der Waals surface area contributed by atoms with E-state index in [1.807, 2.05) is 11.3 Å². The van der Waals surface area contributed by atoms with Gasteiger partial charge in [-0.25, -0.2) is 4.98 Å². The van der Waals surface area contributed by atoms with E-state index in [1.165, 1.54) is 22.1 Å². The highest BCUT2D eigenvalue weighted by atomic mass is 35.5. The Bertz CT molecular complexity index is 347. The van der Waals surface area contributed by atoms with E-state index in [0.717, 1.165) is 38.6 Å². The van der Waals surface area contributed by atoms with Gasteiger partial charge in [-0.2, -0.15) is 0 Å². The molecule has 1 aliphatic rings. The van der Waals surface area contributed by atoms with Crippen LogP contribution in [-0.2, 0) is 0 Å². The summed E-state index contributed by atoms with van der Waals surface area (Å²) < 4.78 is 0. The van der Waals surface area contributed by atoms with Crippen molar-refractivity contribution in [2.75, 3.05) is 43.5 Å². The number of rotatable bonds is 3. The second-order valence-electron chi connectivity index (χ2n) is 4.51. The summed E-state index contributed by atoms with van der Waals surface area (Å²) in [5.41, 5.74) is 1.17. The average molecular weight is 274 g/mol. The average Bonchev–Trinajstić information content (AvgIpc) is 2.54. The molecule has 0 aromatic carbocycles. The first-order chi connectivity index (χ1) is 8.20. The van der Waals surface area contributed by atoms with Crippen LogP contribution in [0.25, 0.3) is 0 Å². The Morgan fingerprint density at radius 1 is 1.24 bits per heavy atom. The first-order valence-electron chi connectivity index (χ1n) is 6.18. The fourth-order valence-electron chi connectivity index (χ4n) is 2.10. The van der Waals surface area contributed by atoms with E-state index < -0.39 is 0 Å². The van der Waals surface area contributed by atoms with Gasteiger partial charge >= 0.3 is 0 Å². The summed E-state index contributed by atoms with van der Waals surface area (Å²) >= 11 is 7.62. The third kappa shape index (κ3) is 3.33. The van der Waals surface area contributed by atoms with Gasteiger partial charge in [-0.3, -0.25) is 0 Å². The zero-order valence-corrected chi connectivity index (χ0v) is 12.2. The van der Waals surface area contributed by atoms with Crippen molar-refractivity contribution >= 4 is 28.1 Å². The molecule has 1 fully saturated rings. The van der Waals surface area contributed by atoms with Gasteiger partial charge < -0.3 is 9.80 Å². The van der Waals surface area contributed by atoms with Crippen molar-refractivity contribution in [2.45, 2.75) is 20.3 Å². The first kappa shape index (κ1) is 13.1. The highest BCUT2D eigenvalue weighted by Gasteiger charge is 2.17. The standard InChI is InChI=1S/C12H20ClN3S/c1-10-11(2)17-12(14-10)16-6-3-5-15(7-4-13)8-9-16/h3-9H2,1-2H3. The molecule has 5 heteroatoms. The molecule has 0 N–H and O–H groups in total. The van der Waals surface area contributed by atoms with Gasteiger partial charge in [-0.1, -0.05) is 0 Å². The lowest BCUT2D eigenvalue weighted by Crippen LogP contribution is -2.31. The molecule has 0 saturated carbocycles. The summed E-state index contributed by atoms with van der Waals surface area (Å²) in [6.45, 7) is 9.69. The largest absolute Gasteiger partial charge is 0.347 e. The molecule has 2 heterocycles. The Balaban J connectivity index is 1.98. The number of hydrogen-bond donors (Lipinski definition) is 0. The summed E-state index contributed by atoms with van der Waals surface area (Å²) in [5, 5.41) is 1.19. The molecule has 1 aromatic rings. The van der Waals surface area contributed by atoms with Crippen LogP contribution in [-0.4, -0.2) is 48.5 Å². The molecule has 1 aromatic heterocycles. The lowest BCUT2D eigenvalue weighted by Gasteiger charge is -2.20. The Morgan fingerprint density at radius 3 is 2.71 bits per heavy atom. The molecule has 0 bridgehead atoms. The highest BCUT2D eigenvalue weighted by molar-refractivity contribution is 7.15. The summed E-state index contributed by atoms with van der Waals surface area (Å²) in [7, 11) is 0. The fraction of sp³-hybridized carbons (Fsp3) is 0.750. The van der Waals surface area contributed by atoms with E-state index in [4.69, 9.17) is 11.6 Å². The number of anilines is 1. The van der Waals surface area contributed by atoms with Crippen molar-refractivity contribution in [2.24, 2.45) is 0 Å². The highest BCUT2D eigenvalue weighted by Crippen LogP contribution is 2.25. The molecule has 3 nitrogen and oxygen atoms in total. The SMILES string of the molecule is Cc1nc(N2CCCN(CCCl)CC2)sc1C. The van der Waals surface area contributed by atoms with Crippen molar-refractivity contribution < 1.29 is 0 Å². The maximum Gasteiger partial charge on any atom is 0.185 e. The Labute approximate surface area is 112 Å². The van der Waals surface area contributed by atoms with Gasteiger partial charge in [-0.15, -0.1) is 22.9 Å². The van der Waals surface area contributed by atoms with Gasteiger partial charge in [0.05, 0.1) is 5.69 Å². The first-order valence-corrected chi connectivity index (χ1v) is 7.53. The molecule has 17 heavy (non-hydrogen) atoms. The minimum atomic E-state index is 0.732. The molecule has 1 aliphatic heterocycles. The number of thiazole rings is 1. The van der Waals surface area contributed by atoms with Crippen LogP contribution in [0, 0.1) is 13.8 Å². The Morgan fingerprint density at radius 2 is 2.06 bits per heavy atom. The molecule has 0 spiro atoms. The van der Waals surface area contributed by atoms with Crippen LogP contribution >= 0.6 is 22.9 Å². The minimum absolute atomic E-state index is 0.732. The van der Waals surface area contributed by atoms with E-state index in [0.29, 0.717) is 0 Å². The molecule has 0 atom stereocenters. The molecule has 0 amide bonds.